The van der Waals surface area contributed by atoms with Crippen molar-refractivity contribution in [1.82, 2.24) is 0 Å². The summed E-state index contributed by atoms with van der Waals surface area (Å²) in [5, 5.41) is 19.8. The van der Waals surface area contributed by atoms with Gasteiger partial charge in [0.2, 0.25) is 0 Å². The molecule has 0 bridgehead atoms. The molecule has 0 aliphatic carbocycles. The summed E-state index contributed by atoms with van der Waals surface area (Å²) >= 11 is 0. The predicted octanol–water partition coefficient (Wildman–Crippen LogP) is 9.92. The summed E-state index contributed by atoms with van der Waals surface area (Å²) in [4.78, 5) is 0. The molecule has 0 spiro atoms. The first-order valence-electron chi connectivity index (χ1n) is 15.0. The number of unbranched alkanes of at least 4 members (excludes halogenated alkanes) is 2. The molecule has 0 atom stereocenters. The van der Waals surface area contributed by atoms with Gasteiger partial charge in [-0.1, -0.05) is 52.2 Å². The highest BCUT2D eigenvalue weighted by Gasteiger charge is 2.20. The van der Waals surface area contributed by atoms with E-state index in [1.54, 1.807) is 0 Å². The van der Waals surface area contributed by atoms with Crippen LogP contribution in [-0.2, 0) is 0 Å². The maximum Gasteiger partial charge on any atom is 0.122 e. The van der Waals surface area contributed by atoms with Gasteiger partial charge in [-0.15, -0.1) is 0 Å². The molecule has 0 saturated heterocycles. The van der Waals surface area contributed by atoms with Gasteiger partial charge in [-0.3, -0.25) is 0 Å². The summed E-state index contributed by atoms with van der Waals surface area (Å²) in [5.74, 6) is 2.99. The van der Waals surface area contributed by atoms with Gasteiger partial charge < -0.3 is 19.7 Å². The van der Waals surface area contributed by atoms with E-state index in [1.807, 2.05) is 26.0 Å². The van der Waals surface area contributed by atoms with Crippen molar-refractivity contribution in [2.45, 2.75) is 107 Å². The first kappa shape index (κ1) is 33.1. The van der Waals surface area contributed by atoms with E-state index in [-0.39, 0.29) is 0 Å². The van der Waals surface area contributed by atoms with Crippen molar-refractivity contribution >= 4 is 0 Å². The van der Waals surface area contributed by atoms with E-state index in [0.717, 1.165) is 96.6 Å². The molecule has 0 radical (unpaired) electrons. The fraction of sp³-hybridized carbons (Fsp3) is 0.500. The molecule has 2 N–H and O–H groups in total. The highest BCUT2D eigenvalue weighted by molar-refractivity contribution is 5.50. The number of aromatic hydroxyl groups is 2. The lowest BCUT2D eigenvalue weighted by atomic mass is 9.82. The molecular formula is C36H52O4. The second-order valence-electron chi connectivity index (χ2n) is 11.1. The van der Waals surface area contributed by atoms with Gasteiger partial charge in [0.1, 0.15) is 23.0 Å². The summed E-state index contributed by atoms with van der Waals surface area (Å²) in [6, 6.07) is 12.1. The van der Waals surface area contributed by atoms with Crippen LogP contribution in [0.4, 0.5) is 0 Å². The molecule has 0 aliphatic heterocycles. The summed E-state index contributed by atoms with van der Waals surface area (Å²) in [5.41, 5.74) is 8.91. The third-order valence-electron chi connectivity index (χ3n) is 7.48. The Labute approximate surface area is 243 Å². The summed E-state index contributed by atoms with van der Waals surface area (Å²) in [6.45, 7) is 20.3. The van der Waals surface area contributed by atoms with Gasteiger partial charge in [0.05, 0.1) is 13.2 Å². The molecular weight excluding hydrogens is 496 g/mol. The van der Waals surface area contributed by atoms with E-state index in [1.165, 1.54) is 11.1 Å². The first-order valence-corrected chi connectivity index (χ1v) is 15.0. The van der Waals surface area contributed by atoms with Gasteiger partial charge in [0.15, 0.2) is 0 Å². The molecule has 0 amide bonds. The van der Waals surface area contributed by atoms with Crippen molar-refractivity contribution in [3.05, 3.63) is 80.9 Å². The molecule has 0 fully saturated rings. The highest BCUT2D eigenvalue weighted by atomic mass is 16.5. The van der Waals surface area contributed by atoms with Crippen LogP contribution in [0.1, 0.15) is 110 Å². The molecule has 220 valence electrons. The molecule has 0 heterocycles. The van der Waals surface area contributed by atoms with Crippen molar-refractivity contribution in [2.75, 3.05) is 13.2 Å². The average Bonchev–Trinajstić information content (AvgIpc) is 2.90. The molecule has 40 heavy (non-hydrogen) atoms. The lowest BCUT2D eigenvalue weighted by Crippen LogP contribution is -2.06. The maximum atomic E-state index is 9.91. The van der Waals surface area contributed by atoms with Crippen molar-refractivity contribution in [2.24, 2.45) is 0 Å². The summed E-state index contributed by atoms with van der Waals surface area (Å²) in [7, 11) is 0. The number of rotatable bonds is 12. The highest BCUT2D eigenvalue weighted by Crippen LogP contribution is 2.37. The number of benzene rings is 3. The minimum absolute atomic E-state index is 0.295. The predicted molar refractivity (Wildman–Crippen MR) is 169 cm³/mol. The van der Waals surface area contributed by atoms with Crippen LogP contribution in [0.15, 0.2) is 36.4 Å². The average molecular weight is 549 g/mol. The van der Waals surface area contributed by atoms with Crippen LogP contribution in [0, 0.1) is 41.5 Å². The maximum absolute atomic E-state index is 9.91. The van der Waals surface area contributed by atoms with Crippen molar-refractivity contribution < 1.29 is 19.7 Å². The lowest BCUT2D eigenvalue weighted by Gasteiger charge is -2.23. The number of phenolic OH excluding ortho intramolecular Hbond substituents is 2. The van der Waals surface area contributed by atoms with E-state index < -0.39 is 0 Å². The van der Waals surface area contributed by atoms with Gasteiger partial charge >= 0.3 is 0 Å². The van der Waals surface area contributed by atoms with Crippen LogP contribution < -0.4 is 9.47 Å². The van der Waals surface area contributed by atoms with Crippen molar-refractivity contribution in [1.29, 1.82) is 0 Å². The summed E-state index contributed by atoms with van der Waals surface area (Å²) in [6.07, 6.45) is 6.67. The Hall–Kier alpha value is -3.14. The molecule has 0 aliphatic rings. The van der Waals surface area contributed by atoms with E-state index in [9.17, 15) is 10.2 Å². The van der Waals surface area contributed by atoms with E-state index in [2.05, 4.69) is 72.7 Å². The van der Waals surface area contributed by atoms with Gasteiger partial charge in [-0.05, 0) is 130 Å². The quantitative estimate of drug-likeness (QED) is 0.221. The number of ether oxygens (including phenoxy) is 2. The largest absolute Gasteiger partial charge is 0.508 e. The minimum atomic E-state index is 0.295. The fourth-order valence-electron chi connectivity index (χ4n) is 4.89. The Bertz CT molecular complexity index is 1130. The van der Waals surface area contributed by atoms with Gasteiger partial charge in [0.25, 0.3) is 0 Å². The second kappa shape index (κ2) is 16.2. The topological polar surface area (TPSA) is 58.9 Å². The number of phenols is 2. The Morgan fingerprint density at radius 2 is 0.925 bits per heavy atom. The van der Waals surface area contributed by atoms with Crippen molar-refractivity contribution in [3.8, 4) is 23.0 Å². The molecule has 4 nitrogen and oxygen atoms in total. The normalized spacial score (nSPS) is 10.8. The third-order valence-corrected chi connectivity index (χ3v) is 7.48. The molecule has 0 aromatic heterocycles. The van der Waals surface area contributed by atoms with Gasteiger partial charge in [-0.2, -0.15) is 0 Å². The first-order chi connectivity index (χ1) is 19.0. The Morgan fingerprint density at radius 3 is 1.27 bits per heavy atom. The van der Waals surface area contributed by atoms with Crippen LogP contribution >= 0.6 is 0 Å². The molecule has 3 aromatic carbocycles. The van der Waals surface area contributed by atoms with Gasteiger partial charge in [0, 0.05) is 5.92 Å². The monoisotopic (exact) mass is 548 g/mol. The molecule has 0 saturated carbocycles. The number of aryl methyl sites for hydroxylation is 6. The Balaban J connectivity index is 0.000000286. The molecule has 3 rings (SSSR count). The van der Waals surface area contributed by atoms with Crippen LogP contribution in [0.3, 0.4) is 0 Å². The summed E-state index contributed by atoms with van der Waals surface area (Å²) < 4.78 is 11.6. The zero-order valence-corrected chi connectivity index (χ0v) is 26.4. The van der Waals surface area contributed by atoms with Gasteiger partial charge in [-0.25, -0.2) is 0 Å². The Kier molecular flexibility index (Phi) is 13.4. The molecule has 3 aromatic rings. The van der Waals surface area contributed by atoms with Crippen LogP contribution in [-0.4, -0.2) is 23.4 Å². The third kappa shape index (κ3) is 9.21. The minimum Gasteiger partial charge on any atom is -0.508 e. The number of hydrogen-bond donors (Lipinski definition) is 2. The smallest absolute Gasteiger partial charge is 0.122 e. The zero-order valence-electron chi connectivity index (χ0n) is 26.4. The van der Waals surface area contributed by atoms with E-state index in [4.69, 9.17) is 9.47 Å². The van der Waals surface area contributed by atoms with Crippen LogP contribution in [0.25, 0.3) is 0 Å². The van der Waals surface area contributed by atoms with Crippen molar-refractivity contribution in [3.63, 3.8) is 0 Å². The van der Waals surface area contributed by atoms with E-state index >= 15 is 0 Å². The lowest BCUT2D eigenvalue weighted by molar-refractivity contribution is 0.297. The SMILES string of the molecule is CCCC(c1cc(C)c(O)cc1C)c1cc(C)c(O)cc1C.CCCCOc1cc(C)c(OCCCC)cc1C. The second-order valence-corrected chi connectivity index (χ2v) is 11.1. The Morgan fingerprint density at radius 1 is 0.525 bits per heavy atom. The van der Waals surface area contributed by atoms with Crippen LogP contribution in [0.2, 0.25) is 0 Å². The number of hydrogen-bond acceptors (Lipinski definition) is 4. The fourth-order valence-corrected chi connectivity index (χ4v) is 4.89. The molecule has 0 unspecified atom stereocenters. The zero-order chi connectivity index (χ0) is 29.8. The molecule has 4 heteroatoms. The van der Waals surface area contributed by atoms with Crippen LogP contribution in [0.5, 0.6) is 23.0 Å². The van der Waals surface area contributed by atoms with E-state index in [0.29, 0.717) is 17.4 Å². The standard InChI is InChI=1S/C20H26O2.C16H26O2/c1-6-7-16(17-8-14(4)19(21)10-12(17)2)18-9-15(5)20(22)11-13(18)3;1-5-7-9-17-15-11-14(4)16(12-13(15)3)18-10-8-6-2/h8-11,16,21-22H,6-7H2,1-5H3;11-12H,5-10H2,1-4H3.